The Labute approximate surface area is 195 Å². The molecule has 0 spiro atoms. The number of guanidine groups is 1. The van der Waals surface area contributed by atoms with Crippen LogP contribution < -0.4 is 10.6 Å². The highest BCUT2D eigenvalue weighted by Crippen LogP contribution is 2.22. The predicted molar refractivity (Wildman–Crippen MR) is 135 cm³/mol. The standard InChI is InChI=1S/C23H29N5O.HI/c1-16-6-5-7-20-21(16)19(15-26-20)12-13-25-23(24-2)27-14-17-8-10-18(11-9-17)22(29)28(3)4;/h5-11,15,26H,12-14H2,1-4H3,(H2,24,25,27);1H. The van der Waals surface area contributed by atoms with Gasteiger partial charge >= 0.3 is 0 Å². The minimum atomic E-state index is 0. The van der Waals surface area contributed by atoms with Crippen molar-refractivity contribution in [3.63, 3.8) is 0 Å². The molecule has 0 aliphatic heterocycles. The van der Waals surface area contributed by atoms with E-state index in [0.29, 0.717) is 12.1 Å². The highest BCUT2D eigenvalue weighted by molar-refractivity contribution is 14.0. The maximum atomic E-state index is 12.0. The van der Waals surface area contributed by atoms with Crippen molar-refractivity contribution in [2.24, 2.45) is 4.99 Å². The number of H-pyrrole nitrogens is 1. The number of rotatable bonds is 6. The molecule has 0 bridgehead atoms. The summed E-state index contributed by atoms with van der Waals surface area (Å²) >= 11 is 0. The van der Waals surface area contributed by atoms with Gasteiger partial charge in [-0.3, -0.25) is 9.79 Å². The Morgan fingerprint density at radius 2 is 1.83 bits per heavy atom. The number of aliphatic imine (C=N–C) groups is 1. The topological polar surface area (TPSA) is 72.5 Å². The van der Waals surface area contributed by atoms with E-state index in [-0.39, 0.29) is 29.9 Å². The molecule has 0 saturated heterocycles. The van der Waals surface area contributed by atoms with Crippen molar-refractivity contribution in [2.45, 2.75) is 19.9 Å². The minimum absolute atomic E-state index is 0. The zero-order chi connectivity index (χ0) is 20.8. The van der Waals surface area contributed by atoms with Gasteiger partial charge in [-0.15, -0.1) is 24.0 Å². The van der Waals surface area contributed by atoms with Gasteiger partial charge in [-0.05, 0) is 48.2 Å². The normalized spacial score (nSPS) is 11.1. The zero-order valence-electron chi connectivity index (χ0n) is 18.0. The van der Waals surface area contributed by atoms with Crippen LogP contribution in [0, 0.1) is 6.92 Å². The van der Waals surface area contributed by atoms with Crippen LogP contribution in [0.3, 0.4) is 0 Å². The molecule has 0 aliphatic rings. The third-order valence-electron chi connectivity index (χ3n) is 4.97. The molecule has 0 aliphatic carbocycles. The molecule has 1 amide bonds. The number of amides is 1. The molecule has 160 valence electrons. The van der Waals surface area contributed by atoms with Gasteiger partial charge in [-0.2, -0.15) is 0 Å². The molecule has 0 saturated carbocycles. The van der Waals surface area contributed by atoms with Gasteiger partial charge in [0.1, 0.15) is 0 Å². The second-order valence-electron chi connectivity index (χ2n) is 7.31. The first-order valence-electron chi connectivity index (χ1n) is 9.80. The van der Waals surface area contributed by atoms with Gasteiger partial charge in [-0.1, -0.05) is 24.3 Å². The molecule has 3 rings (SSSR count). The summed E-state index contributed by atoms with van der Waals surface area (Å²) in [6, 6.07) is 14.0. The zero-order valence-corrected chi connectivity index (χ0v) is 20.3. The van der Waals surface area contributed by atoms with Gasteiger partial charge in [0.15, 0.2) is 5.96 Å². The van der Waals surface area contributed by atoms with E-state index in [2.05, 4.69) is 51.9 Å². The highest BCUT2D eigenvalue weighted by atomic mass is 127. The van der Waals surface area contributed by atoms with Crippen LogP contribution in [0.5, 0.6) is 0 Å². The Balaban J connectivity index is 0.00000320. The van der Waals surface area contributed by atoms with Gasteiger partial charge in [0.25, 0.3) is 5.91 Å². The molecule has 0 fully saturated rings. The number of fused-ring (bicyclic) bond motifs is 1. The van der Waals surface area contributed by atoms with E-state index >= 15 is 0 Å². The fourth-order valence-electron chi connectivity index (χ4n) is 3.39. The molecule has 1 heterocycles. The van der Waals surface area contributed by atoms with Gasteiger partial charge in [-0.25, -0.2) is 0 Å². The van der Waals surface area contributed by atoms with Crippen LogP contribution in [0.1, 0.15) is 27.0 Å². The summed E-state index contributed by atoms with van der Waals surface area (Å²) in [6.07, 6.45) is 3.00. The maximum Gasteiger partial charge on any atom is 0.253 e. The van der Waals surface area contributed by atoms with E-state index in [1.165, 1.54) is 22.0 Å². The molecule has 0 unspecified atom stereocenters. The summed E-state index contributed by atoms with van der Waals surface area (Å²) in [5.41, 5.74) is 5.56. The Morgan fingerprint density at radius 3 is 2.50 bits per heavy atom. The van der Waals surface area contributed by atoms with Crippen molar-refractivity contribution in [2.75, 3.05) is 27.7 Å². The number of carbonyl (C=O) groups excluding carboxylic acids is 1. The molecule has 30 heavy (non-hydrogen) atoms. The van der Waals surface area contributed by atoms with Crippen LogP contribution in [-0.2, 0) is 13.0 Å². The quantitative estimate of drug-likeness (QED) is 0.264. The van der Waals surface area contributed by atoms with Crippen LogP contribution >= 0.6 is 24.0 Å². The molecule has 6 nitrogen and oxygen atoms in total. The predicted octanol–water partition coefficient (Wildman–Crippen LogP) is 3.70. The maximum absolute atomic E-state index is 12.0. The second kappa shape index (κ2) is 11.0. The molecular formula is C23H30IN5O. The summed E-state index contributed by atoms with van der Waals surface area (Å²) in [5.74, 6) is 0.768. The summed E-state index contributed by atoms with van der Waals surface area (Å²) in [6.45, 7) is 3.57. The third-order valence-corrected chi connectivity index (χ3v) is 4.97. The first kappa shape index (κ1) is 23.7. The fourth-order valence-corrected chi connectivity index (χ4v) is 3.39. The SMILES string of the molecule is CN=C(NCCc1c[nH]c2cccc(C)c12)NCc1ccc(C(=O)N(C)C)cc1.I. The van der Waals surface area contributed by atoms with Crippen LogP contribution in [0.15, 0.2) is 53.7 Å². The summed E-state index contributed by atoms with van der Waals surface area (Å²) in [7, 11) is 5.28. The van der Waals surface area contributed by atoms with Crippen molar-refractivity contribution in [1.82, 2.24) is 20.5 Å². The van der Waals surface area contributed by atoms with Crippen molar-refractivity contribution >= 4 is 46.7 Å². The Morgan fingerprint density at radius 1 is 1.10 bits per heavy atom. The lowest BCUT2D eigenvalue weighted by atomic mass is 10.1. The van der Waals surface area contributed by atoms with Crippen molar-refractivity contribution in [3.8, 4) is 0 Å². The summed E-state index contributed by atoms with van der Waals surface area (Å²) in [5, 5.41) is 8.00. The lowest BCUT2D eigenvalue weighted by molar-refractivity contribution is 0.0827. The molecule has 2 aromatic carbocycles. The number of carbonyl (C=O) groups is 1. The second-order valence-corrected chi connectivity index (χ2v) is 7.31. The lowest BCUT2D eigenvalue weighted by Gasteiger charge is -2.13. The summed E-state index contributed by atoms with van der Waals surface area (Å²) < 4.78 is 0. The lowest BCUT2D eigenvalue weighted by Crippen LogP contribution is -2.37. The van der Waals surface area contributed by atoms with E-state index < -0.39 is 0 Å². The smallest absolute Gasteiger partial charge is 0.253 e. The van der Waals surface area contributed by atoms with Gasteiger partial charge in [0.2, 0.25) is 0 Å². The van der Waals surface area contributed by atoms with Crippen LogP contribution in [0.4, 0.5) is 0 Å². The largest absolute Gasteiger partial charge is 0.361 e. The average molecular weight is 519 g/mol. The van der Waals surface area contributed by atoms with Gasteiger partial charge < -0.3 is 20.5 Å². The minimum Gasteiger partial charge on any atom is -0.361 e. The number of benzene rings is 2. The van der Waals surface area contributed by atoms with E-state index in [1.54, 1.807) is 26.0 Å². The Hall–Kier alpha value is -2.55. The monoisotopic (exact) mass is 519 g/mol. The van der Waals surface area contributed by atoms with E-state index in [0.717, 1.165) is 24.5 Å². The van der Waals surface area contributed by atoms with Crippen LogP contribution in [0.25, 0.3) is 10.9 Å². The van der Waals surface area contributed by atoms with Crippen molar-refractivity contribution in [3.05, 3.63) is 70.9 Å². The number of aryl methyl sites for hydroxylation is 1. The molecule has 3 aromatic rings. The number of aromatic nitrogens is 1. The summed E-state index contributed by atoms with van der Waals surface area (Å²) in [4.78, 5) is 21.2. The molecule has 3 N–H and O–H groups in total. The first-order valence-corrected chi connectivity index (χ1v) is 9.80. The van der Waals surface area contributed by atoms with Crippen molar-refractivity contribution in [1.29, 1.82) is 0 Å². The Kier molecular flexibility index (Phi) is 8.71. The number of nitrogens with one attached hydrogen (secondary N) is 3. The number of hydrogen-bond acceptors (Lipinski definition) is 2. The first-order chi connectivity index (χ1) is 14.0. The number of nitrogens with zero attached hydrogens (tertiary/aromatic N) is 2. The number of aromatic amines is 1. The number of halogens is 1. The van der Waals surface area contributed by atoms with Crippen LogP contribution in [0.2, 0.25) is 0 Å². The molecule has 7 heteroatoms. The van der Waals surface area contributed by atoms with E-state index in [1.807, 2.05) is 24.3 Å². The average Bonchev–Trinajstić information content (AvgIpc) is 3.14. The van der Waals surface area contributed by atoms with Gasteiger partial charge in [0.05, 0.1) is 0 Å². The molecule has 0 atom stereocenters. The van der Waals surface area contributed by atoms with Crippen LogP contribution in [-0.4, -0.2) is 49.4 Å². The molecule has 1 aromatic heterocycles. The Bertz CT molecular complexity index is 1010. The van der Waals surface area contributed by atoms with E-state index in [9.17, 15) is 4.79 Å². The van der Waals surface area contributed by atoms with Crippen molar-refractivity contribution < 1.29 is 4.79 Å². The van der Waals surface area contributed by atoms with E-state index in [4.69, 9.17) is 0 Å². The fraction of sp³-hybridized carbons (Fsp3) is 0.304. The highest BCUT2D eigenvalue weighted by Gasteiger charge is 2.08. The van der Waals surface area contributed by atoms with Gasteiger partial charge in [0, 0.05) is 56.9 Å². The molecule has 0 radical (unpaired) electrons. The number of hydrogen-bond donors (Lipinski definition) is 3. The third kappa shape index (κ3) is 5.75. The molecular weight excluding hydrogens is 489 g/mol.